The van der Waals surface area contributed by atoms with Gasteiger partial charge in [-0.05, 0) is 64.6 Å². The van der Waals surface area contributed by atoms with E-state index in [0.717, 1.165) is 31.2 Å². The summed E-state index contributed by atoms with van der Waals surface area (Å²) in [6.07, 6.45) is 6.89. The number of rotatable bonds is 9. The molecule has 2 aromatic heterocycles. The van der Waals surface area contributed by atoms with Crippen LogP contribution >= 0.6 is 0 Å². The molecule has 39 heavy (non-hydrogen) atoms. The fraction of sp³-hybridized carbons (Fsp3) is 0.345. The highest BCUT2D eigenvalue weighted by Gasteiger charge is 2.36. The molecule has 5 rings (SSSR count). The maximum atomic E-state index is 14.0. The van der Waals surface area contributed by atoms with Crippen LogP contribution in [0.1, 0.15) is 73.2 Å². The number of nitrogens with one attached hydrogen (secondary N) is 1. The number of anilines is 1. The molecule has 0 unspecified atom stereocenters. The monoisotopic (exact) mass is 528 g/mol. The SMILES string of the molecule is COc1cc(N(C(=O)c2ccco2)[C@@H](C(=O)NC2CCCC2)c2ccc(C(C)C)cc2)ccc1-n1cnnn1. The number of ether oxygens (including phenoxy) is 1. The first kappa shape index (κ1) is 26.1. The average Bonchev–Trinajstić information content (AvgIpc) is 3.75. The minimum absolute atomic E-state index is 0.0761. The number of amides is 2. The van der Waals surface area contributed by atoms with E-state index in [4.69, 9.17) is 9.15 Å². The third-order valence-corrected chi connectivity index (χ3v) is 7.12. The molecule has 4 aromatic rings. The van der Waals surface area contributed by atoms with Crippen LogP contribution in [0.15, 0.2) is 71.6 Å². The molecule has 1 N–H and O–H groups in total. The zero-order valence-corrected chi connectivity index (χ0v) is 22.3. The van der Waals surface area contributed by atoms with E-state index in [-0.39, 0.29) is 17.7 Å². The topological polar surface area (TPSA) is 115 Å². The second kappa shape index (κ2) is 11.5. The number of benzene rings is 2. The fourth-order valence-electron chi connectivity index (χ4n) is 5.01. The molecule has 1 aliphatic rings. The lowest BCUT2D eigenvalue weighted by molar-refractivity contribution is -0.123. The van der Waals surface area contributed by atoms with E-state index in [0.29, 0.717) is 28.6 Å². The molecule has 0 saturated heterocycles. The number of carbonyl (C=O) groups is 2. The smallest absolute Gasteiger partial charge is 0.294 e. The zero-order chi connectivity index (χ0) is 27.4. The molecule has 10 nitrogen and oxygen atoms in total. The lowest BCUT2D eigenvalue weighted by Gasteiger charge is -2.32. The number of hydrogen-bond donors (Lipinski definition) is 1. The van der Waals surface area contributed by atoms with Crippen LogP contribution in [0.4, 0.5) is 5.69 Å². The molecule has 202 valence electrons. The van der Waals surface area contributed by atoms with E-state index in [1.54, 1.807) is 30.3 Å². The van der Waals surface area contributed by atoms with Crippen LogP contribution in [0.5, 0.6) is 5.75 Å². The molecule has 1 saturated carbocycles. The molecular weight excluding hydrogens is 496 g/mol. The predicted molar refractivity (Wildman–Crippen MR) is 145 cm³/mol. The lowest BCUT2D eigenvalue weighted by Crippen LogP contribution is -2.46. The van der Waals surface area contributed by atoms with Crippen molar-refractivity contribution in [3.63, 3.8) is 0 Å². The summed E-state index contributed by atoms with van der Waals surface area (Å²) in [5, 5.41) is 14.6. The highest BCUT2D eigenvalue weighted by molar-refractivity contribution is 6.09. The summed E-state index contributed by atoms with van der Waals surface area (Å²) < 4.78 is 12.6. The average molecular weight is 529 g/mol. The zero-order valence-electron chi connectivity index (χ0n) is 22.3. The first-order valence-electron chi connectivity index (χ1n) is 13.1. The van der Waals surface area contributed by atoms with E-state index in [1.165, 1.54) is 29.3 Å². The third-order valence-electron chi connectivity index (χ3n) is 7.12. The Labute approximate surface area is 227 Å². The normalized spacial score (nSPS) is 14.4. The number of carbonyl (C=O) groups excluding carboxylic acids is 2. The summed E-state index contributed by atoms with van der Waals surface area (Å²) in [7, 11) is 1.53. The van der Waals surface area contributed by atoms with E-state index >= 15 is 0 Å². The maximum Gasteiger partial charge on any atom is 0.294 e. The van der Waals surface area contributed by atoms with Gasteiger partial charge in [-0.25, -0.2) is 0 Å². The number of tetrazole rings is 1. The summed E-state index contributed by atoms with van der Waals surface area (Å²) in [6.45, 7) is 4.23. The molecular formula is C29H32N6O4. The van der Waals surface area contributed by atoms with E-state index in [2.05, 4.69) is 34.7 Å². The van der Waals surface area contributed by atoms with E-state index in [1.807, 2.05) is 24.3 Å². The summed E-state index contributed by atoms with van der Waals surface area (Å²) in [5.41, 5.74) is 2.89. The highest BCUT2D eigenvalue weighted by atomic mass is 16.5. The van der Waals surface area contributed by atoms with Gasteiger partial charge in [0.2, 0.25) is 5.91 Å². The fourth-order valence-corrected chi connectivity index (χ4v) is 5.01. The Morgan fingerprint density at radius 2 is 1.82 bits per heavy atom. The molecule has 1 atom stereocenters. The molecule has 1 aliphatic carbocycles. The molecule has 1 fully saturated rings. The first-order valence-corrected chi connectivity index (χ1v) is 13.1. The summed E-state index contributed by atoms with van der Waals surface area (Å²) in [5.74, 6) is 0.186. The van der Waals surface area contributed by atoms with Crippen LogP contribution in [0, 0.1) is 0 Å². The van der Waals surface area contributed by atoms with Crippen molar-refractivity contribution in [1.29, 1.82) is 0 Å². The highest BCUT2D eigenvalue weighted by Crippen LogP contribution is 2.35. The van der Waals surface area contributed by atoms with E-state index in [9.17, 15) is 9.59 Å². The van der Waals surface area contributed by atoms with Crippen LogP contribution in [0.3, 0.4) is 0 Å². The summed E-state index contributed by atoms with van der Waals surface area (Å²) in [6, 6.07) is 15.4. The van der Waals surface area contributed by atoms with Crippen molar-refractivity contribution in [3.05, 3.63) is 84.1 Å². The van der Waals surface area contributed by atoms with Gasteiger partial charge in [-0.1, -0.05) is 51.0 Å². The van der Waals surface area contributed by atoms with Gasteiger partial charge in [0.05, 0.1) is 13.4 Å². The Morgan fingerprint density at radius 3 is 2.44 bits per heavy atom. The standard InChI is InChI=1S/C29H32N6O4/c1-19(2)20-10-12-21(13-11-20)27(28(36)31-22-7-4-5-8-22)35(29(37)25-9-6-16-39-25)23-14-15-24(26(17-23)38-3)34-18-30-32-33-34/h6,9-19,22,27H,4-5,7-8H2,1-3H3,(H,31,36)/t27-/m1/s1. The molecule has 0 bridgehead atoms. The largest absolute Gasteiger partial charge is 0.494 e. The number of furan rings is 1. The van der Waals surface area contributed by atoms with Crippen molar-refractivity contribution in [1.82, 2.24) is 25.5 Å². The van der Waals surface area contributed by atoms with Gasteiger partial charge < -0.3 is 14.5 Å². The van der Waals surface area contributed by atoms with Gasteiger partial charge in [0.1, 0.15) is 23.8 Å². The van der Waals surface area contributed by atoms with Crippen LogP contribution < -0.4 is 15.0 Å². The minimum Gasteiger partial charge on any atom is -0.494 e. The van der Waals surface area contributed by atoms with Crippen molar-refractivity contribution < 1.29 is 18.7 Å². The van der Waals surface area contributed by atoms with Crippen molar-refractivity contribution in [2.24, 2.45) is 0 Å². The van der Waals surface area contributed by atoms with Gasteiger partial charge in [0.15, 0.2) is 5.76 Å². The Morgan fingerprint density at radius 1 is 1.08 bits per heavy atom. The molecule has 2 heterocycles. The Hall–Kier alpha value is -4.47. The van der Waals surface area contributed by atoms with Crippen molar-refractivity contribution in [2.75, 3.05) is 12.0 Å². The first-order chi connectivity index (χ1) is 19.0. The van der Waals surface area contributed by atoms with Crippen LogP contribution in [0.25, 0.3) is 5.69 Å². The maximum absolute atomic E-state index is 14.0. The summed E-state index contributed by atoms with van der Waals surface area (Å²) in [4.78, 5) is 29.5. The molecule has 10 heteroatoms. The molecule has 2 aromatic carbocycles. The van der Waals surface area contributed by atoms with Gasteiger partial charge in [-0.15, -0.1) is 5.10 Å². The second-order valence-electron chi connectivity index (χ2n) is 9.98. The van der Waals surface area contributed by atoms with Crippen molar-refractivity contribution >= 4 is 17.5 Å². The van der Waals surface area contributed by atoms with Gasteiger partial charge in [-0.2, -0.15) is 4.68 Å². The van der Waals surface area contributed by atoms with Gasteiger partial charge >= 0.3 is 0 Å². The van der Waals surface area contributed by atoms with Crippen molar-refractivity contribution in [3.8, 4) is 11.4 Å². The summed E-state index contributed by atoms with van der Waals surface area (Å²) >= 11 is 0. The molecule has 2 amide bonds. The van der Waals surface area contributed by atoms with Gasteiger partial charge in [-0.3, -0.25) is 14.5 Å². The number of methoxy groups -OCH3 is 1. The van der Waals surface area contributed by atoms with Gasteiger partial charge in [0, 0.05) is 17.8 Å². The molecule has 0 radical (unpaired) electrons. The van der Waals surface area contributed by atoms with Crippen LogP contribution in [-0.2, 0) is 4.79 Å². The second-order valence-corrected chi connectivity index (χ2v) is 9.98. The van der Waals surface area contributed by atoms with Crippen LogP contribution in [-0.4, -0.2) is 45.2 Å². The number of nitrogens with zero attached hydrogens (tertiary/aromatic N) is 5. The van der Waals surface area contributed by atoms with Crippen LogP contribution in [0.2, 0.25) is 0 Å². The van der Waals surface area contributed by atoms with Crippen molar-refractivity contribution in [2.45, 2.75) is 57.5 Å². The quantitative estimate of drug-likeness (QED) is 0.331. The Bertz CT molecular complexity index is 1390. The third kappa shape index (κ3) is 5.55. The number of aromatic nitrogens is 4. The van der Waals surface area contributed by atoms with E-state index < -0.39 is 11.9 Å². The van der Waals surface area contributed by atoms with Gasteiger partial charge in [0.25, 0.3) is 5.91 Å². The minimum atomic E-state index is -0.951. The number of hydrogen-bond acceptors (Lipinski definition) is 7. The Balaban J connectivity index is 1.63. The molecule has 0 aliphatic heterocycles. The Kier molecular flexibility index (Phi) is 7.72. The lowest BCUT2D eigenvalue weighted by atomic mass is 9.97. The predicted octanol–water partition coefficient (Wildman–Crippen LogP) is 4.83. The molecule has 0 spiro atoms.